The lowest BCUT2D eigenvalue weighted by molar-refractivity contribution is 0.379. The number of nitrogens with zero attached hydrogens (tertiary/aromatic N) is 3. The van der Waals surface area contributed by atoms with Crippen molar-refractivity contribution in [3.8, 4) is 0 Å². The fourth-order valence-corrected chi connectivity index (χ4v) is 2.01. The van der Waals surface area contributed by atoms with E-state index in [1.54, 1.807) is 6.33 Å². The first kappa shape index (κ1) is 8.69. The molecule has 1 aromatic heterocycles. The average Bonchev–Trinajstić information content (AvgIpc) is 2.72. The van der Waals surface area contributed by atoms with Gasteiger partial charge in [-0.3, -0.25) is 0 Å². The van der Waals surface area contributed by atoms with E-state index in [1.165, 1.54) is 6.42 Å². The summed E-state index contributed by atoms with van der Waals surface area (Å²) in [5, 5.41) is 7.68. The van der Waals surface area contributed by atoms with Gasteiger partial charge in [0, 0.05) is 6.54 Å². The summed E-state index contributed by atoms with van der Waals surface area (Å²) in [6, 6.07) is 0. The van der Waals surface area contributed by atoms with Crippen molar-refractivity contribution in [2.75, 3.05) is 6.54 Å². The first-order valence-electron chi connectivity index (χ1n) is 4.89. The molecule has 13 heavy (non-hydrogen) atoms. The standard InChI is InChI=1S/C9H16N4/c1-3-13-8(10-7-12-13)9(2)5-4-6-11-9/h7,11H,3-6H2,1-2H3. The van der Waals surface area contributed by atoms with Gasteiger partial charge in [-0.2, -0.15) is 5.10 Å². The maximum Gasteiger partial charge on any atom is 0.146 e. The van der Waals surface area contributed by atoms with Crippen LogP contribution in [-0.4, -0.2) is 21.3 Å². The van der Waals surface area contributed by atoms with Crippen LogP contribution in [-0.2, 0) is 12.1 Å². The monoisotopic (exact) mass is 180 g/mol. The number of nitrogens with one attached hydrogen (secondary N) is 1. The number of aryl methyl sites for hydroxylation is 1. The molecule has 0 saturated carbocycles. The normalized spacial score (nSPS) is 28.2. The molecule has 1 saturated heterocycles. The second-order valence-electron chi connectivity index (χ2n) is 3.76. The molecule has 1 aliphatic rings. The first-order chi connectivity index (χ1) is 6.26. The van der Waals surface area contributed by atoms with E-state index in [0.717, 1.165) is 25.3 Å². The average molecular weight is 180 g/mol. The summed E-state index contributed by atoms with van der Waals surface area (Å²) in [6.07, 6.45) is 4.03. The summed E-state index contributed by atoms with van der Waals surface area (Å²) in [5.41, 5.74) is 0.0481. The fraction of sp³-hybridized carbons (Fsp3) is 0.778. The van der Waals surface area contributed by atoms with E-state index in [1.807, 2.05) is 4.68 Å². The minimum atomic E-state index is 0.0481. The fourth-order valence-electron chi connectivity index (χ4n) is 2.01. The van der Waals surface area contributed by atoms with Gasteiger partial charge in [-0.05, 0) is 33.2 Å². The zero-order chi connectivity index (χ0) is 9.31. The minimum absolute atomic E-state index is 0.0481. The summed E-state index contributed by atoms with van der Waals surface area (Å²) in [6.45, 7) is 6.28. The molecular formula is C9H16N4. The van der Waals surface area contributed by atoms with E-state index < -0.39 is 0 Å². The molecule has 2 heterocycles. The lowest BCUT2D eigenvalue weighted by Crippen LogP contribution is -2.36. The highest BCUT2D eigenvalue weighted by molar-refractivity contribution is 5.06. The van der Waals surface area contributed by atoms with Gasteiger partial charge in [0.15, 0.2) is 0 Å². The Morgan fingerprint density at radius 1 is 1.69 bits per heavy atom. The van der Waals surface area contributed by atoms with Gasteiger partial charge in [-0.15, -0.1) is 0 Å². The molecule has 4 nitrogen and oxygen atoms in total. The quantitative estimate of drug-likeness (QED) is 0.735. The van der Waals surface area contributed by atoms with Crippen LogP contribution in [0, 0.1) is 0 Å². The van der Waals surface area contributed by atoms with Gasteiger partial charge in [0.1, 0.15) is 12.2 Å². The van der Waals surface area contributed by atoms with Crippen LogP contribution in [0.3, 0.4) is 0 Å². The van der Waals surface area contributed by atoms with E-state index in [9.17, 15) is 0 Å². The van der Waals surface area contributed by atoms with E-state index in [0.29, 0.717) is 0 Å². The van der Waals surface area contributed by atoms with E-state index in [4.69, 9.17) is 0 Å². The first-order valence-corrected chi connectivity index (χ1v) is 4.89. The predicted molar refractivity (Wildman–Crippen MR) is 50.3 cm³/mol. The summed E-state index contributed by atoms with van der Waals surface area (Å²) >= 11 is 0. The van der Waals surface area contributed by atoms with Crippen molar-refractivity contribution in [2.24, 2.45) is 0 Å². The molecule has 0 spiro atoms. The molecule has 1 N–H and O–H groups in total. The molecular weight excluding hydrogens is 164 g/mol. The Kier molecular flexibility index (Phi) is 2.07. The molecule has 1 unspecified atom stereocenters. The van der Waals surface area contributed by atoms with Crippen molar-refractivity contribution in [2.45, 2.75) is 38.8 Å². The molecule has 0 amide bonds. The Labute approximate surface area is 78.4 Å². The number of aromatic nitrogens is 3. The van der Waals surface area contributed by atoms with E-state index in [2.05, 4.69) is 29.2 Å². The highest BCUT2D eigenvalue weighted by Crippen LogP contribution is 2.28. The van der Waals surface area contributed by atoms with E-state index >= 15 is 0 Å². The van der Waals surface area contributed by atoms with Gasteiger partial charge in [0.2, 0.25) is 0 Å². The van der Waals surface area contributed by atoms with Crippen LogP contribution in [0.1, 0.15) is 32.5 Å². The largest absolute Gasteiger partial charge is 0.305 e. The lowest BCUT2D eigenvalue weighted by atomic mass is 9.99. The van der Waals surface area contributed by atoms with Gasteiger partial charge < -0.3 is 5.32 Å². The topological polar surface area (TPSA) is 42.7 Å². The smallest absolute Gasteiger partial charge is 0.146 e. The molecule has 4 heteroatoms. The van der Waals surface area contributed by atoms with Crippen LogP contribution in [0.5, 0.6) is 0 Å². The van der Waals surface area contributed by atoms with E-state index in [-0.39, 0.29) is 5.54 Å². The van der Waals surface area contributed by atoms with Crippen molar-refractivity contribution < 1.29 is 0 Å². The van der Waals surface area contributed by atoms with Gasteiger partial charge >= 0.3 is 0 Å². The summed E-state index contributed by atoms with van der Waals surface area (Å²) in [7, 11) is 0. The number of hydrogen-bond donors (Lipinski definition) is 1. The number of rotatable bonds is 2. The highest BCUT2D eigenvalue weighted by atomic mass is 15.3. The van der Waals surface area contributed by atoms with Gasteiger partial charge in [0.05, 0.1) is 5.54 Å². The van der Waals surface area contributed by atoms with Crippen molar-refractivity contribution >= 4 is 0 Å². The lowest BCUT2D eigenvalue weighted by Gasteiger charge is -2.23. The van der Waals surface area contributed by atoms with Crippen LogP contribution in [0.4, 0.5) is 0 Å². The molecule has 0 aliphatic carbocycles. The van der Waals surface area contributed by atoms with Crippen molar-refractivity contribution in [3.63, 3.8) is 0 Å². The van der Waals surface area contributed by atoms with Gasteiger partial charge in [-0.25, -0.2) is 9.67 Å². The Morgan fingerprint density at radius 2 is 2.54 bits per heavy atom. The van der Waals surface area contributed by atoms with Crippen molar-refractivity contribution in [1.29, 1.82) is 0 Å². The predicted octanol–water partition coefficient (Wildman–Crippen LogP) is 0.897. The maximum atomic E-state index is 4.33. The zero-order valence-corrected chi connectivity index (χ0v) is 8.25. The van der Waals surface area contributed by atoms with Gasteiger partial charge in [0.25, 0.3) is 0 Å². The second-order valence-corrected chi connectivity index (χ2v) is 3.76. The molecule has 72 valence electrons. The Bertz CT molecular complexity index is 286. The molecule has 2 rings (SSSR count). The highest BCUT2D eigenvalue weighted by Gasteiger charge is 2.34. The van der Waals surface area contributed by atoms with Crippen molar-refractivity contribution in [1.82, 2.24) is 20.1 Å². The third kappa shape index (κ3) is 1.35. The molecule has 0 radical (unpaired) electrons. The SMILES string of the molecule is CCn1ncnc1C1(C)CCCN1. The third-order valence-electron chi connectivity index (χ3n) is 2.78. The summed E-state index contributed by atoms with van der Waals surface area (Å²) in [5.74, 6) is 1.08. The molecule has 1 aromatic rings. The van der Waals surface area contributed by atoms with Crippen LogP contribution >= 0.6 is 0 Å². The molecule has 0 bridgehead atoms. The van der Waals surface area contributed by atoms with Crippen LogP contribution in [0.15, 0.2) is 6.33 Å². The van der Waals surface area contributed by atoms with Crippen molar-refractivity contribution in [3.05, 3.63) is 12.2 Å². The Morgan fingerprint density at radius 3 is 3.15 bits per heavy atom. The number of hydrogen-bond acceptors (Lipinski definition) is 3. The maximum absolute atomic E-state index is 4.33. The van der Waals surface area contributed by atoms with Crippen LogP contribution < -0.4 is 5.32 Å². The zero-order valence-electron chi connectivity index (χ0n) is 8.25. The summed E-state index contributed by atoms with van der Waals surface area (Å²) in [4.78, 5) is 4.33. The Balaban J connectivity index is 2.32. The minimum Gasteiger partial charge on any atom is -0.305 e. The van der Waals surface area contributed by atoms with Crippen LogP contribution in [0.2, 0.25) is 0 Å². The summed E-state index contributed by atoms with van der Waals surface area (Å²) < 4.78 is 1.97. The molecule has 1 fully saturated rings. The molecule has 1 atom stereocenters. The molecule has 0 aromatic carbocycles. The molecule has 1 aliphatic heterocycles. The van der Waals surface area contributed by atoms with Gasteiger partial charge in [-0.1, -0.05) is 0 Å². The third-order valence-corrected chi connectivity index (χ3v) is 2.78. The van der Waals surface area contributed by atoms with Crippen LogP contribution in [0.25, 0.3) is 0 Å². The Hall–Kier alpha value is -0.900. The second kappa shape index (κ2) is 3.10.